The molecule has 1 unspecified atom stereocenters. The van der Waals surface area contributed by atoms with Crippen molar-refractivity contribution in [2.75, 3.05) is 19.6 Å². The van der Waals surface area contributed by atoms with Gasteiger partial charge >= 0.3 is 6.09 Å². The molecule has 1 amide bonds. The van der Waals surface area contributed by atoms with Gasteiger partial charge in [-0.15, -0.1) is 0 Å². The molecular formula is C21H23N3O2. The van der Waals surface area contributed by atoms with Crippen molar-refractivity contribution in [3.8, 4) is 0 Å². The molecule has 26 heavy (non-hydrogen) atoms. The molecule has 134 valence electrons. The van der Waals surface area contributed by atoms with E-state index in [1.54, 1.807) is 4.90 Å². The van der Waals surface area contributed by atoms with E-state index in [1.807, 2.05) is 42.5 Å². The third kappa shape index (κ3) is 3.89. The van der Waals surface area contributed by atoms with Crippen LogP contribution in [0.1, 0.15) is 11.3 Å². The molecule has 0 aliphatic carbocycles. The number of H-pyrrole nitrogens is 1. The molecule has 1 aliphatic heterocycles. The van der Waals surface area contributed by atoms with E-state index in [2.05, 4.69) is 28.5 Å². The average Bonchev–Trinajstić information content (AvgIpc) is 3.09. The third-order valence-corrected chi connectivity index (χ3v) is 4.77. The maximum Gasteiger partial charge on any atom is 0.410 e. The highest BCUT2D eigenvalue weighted by atomic mass is 16.6. The monoisotopic (exact) mass is 349 g/mol. The third-order valence-electron chi connectivity index (χ3n) is 4.77. The lowest BCUT2D eigenvalue weighted by atomic mass is 10.1. The van der Waals surface area contributed by atoms with Gasteiger partial charge in [-0.2, -0.15) is 0 Å². The van der Waals surface area contributed by atoms with Crippen molar-refractivity contribution in [3.63, 3.8) is 0 Å². The first-order valence-electron chi connectivity index (χ1n) is 9.03. The van der Waals surface area contributed by atoms with Crippen molar-refractivity contribution < 1.29 is 9.53 Å². The summed E-state index contributed by atoms with van der Waals surface area (Å²) in [5.74, 6) is 0. The van der Waals surface area contributed by atoms with E-state index in [0.717, 1.165) is 24.0 Å². The normalized spacial score (nSPS) is 17.4. The first-order valence-corrected chi connectivity index (χ1v) is 9.03. The number of piperazine rings is 1. The van der Waals surface area contributed by atoms with Crippen molar-refractivity contribution in [1.29, 1.82) is 0 Å². The summed E-state index contributed by atoms with van der Waals surface area (Å²) in [5.41, 5.74) is 3.34. The van der Waals surface area contributed by atoms with Gasteiger partial charge in [0.1, 0.15) is 6.61 Å². The van der Waals surface area contributed by atoms with Gasteiger partial charge in [-0.05, 0) is 23.1 Å². The Hall–Kier alpha value is -2.79. The number of nitrogens with zero attached hydrogens (tertiary/aromatic N) is 1. The predicted molar refractivity (Wildman–Crippen MR) is 102 cm³/mol. The number of aromatic amines is 1. The SMILES string of the molecule is O=C(OCc1ccccc1)N1CCNC(Cc2cc3ccccc3[nH]2)C1. The van der Waals surface area contributed by atoms with Crippen molar-refractivity contribution in [1.82, 2.24) is 15.2 Å². The fourth-order valence-electron chi connectivity index (χ4n) is 3.45. The fourth-order valence-corrected chi connectivity index (χ4v) is 3.45. The second-order valence-corrected chi connectivity index (χ2v) is 6.72. The Morgan fingerprint density at radius 2 is 1.92 bits per heavy atom. The Balaban J connectivity index is 1.33. The molecule has 0 bridgehead atoms. The van der Waals surface area contributed by atoms with Gasteiger partial charge in [0, 0.05) is 43.3 Å². The molecule has 0 radical (unpaired) electrons. The number of carbonyl (C=O) groups is 1. The molecule has 1 fully saturated rings. The van der Waals surface area contributed by atoms with Crippen LogP contribution >= 0.6 is 0 Å². The highest BCUT2D eigenvalue weighted by Crippen LogP contribution is 2.17. The number of amides is 1. The van der Waals surface area contributed by atoms with E-state index in [0.29, 0.717) is 19.7 Å². The quantitative estimate of drug-likeness (QED) is 0.760. The molecule has 2 heterocycles. The van der Waals surface area contributed by atoms with Crippen LogP contribution in [0.4, 0.5) is 4.79 Å². The molecule has 5 nitrogen and oxygen atoms in total. The van der Waals surface area contributed by atoms with Crippen molar-refractivity contribution in [2.24, 2.45) is 0 Å². The number of hydrogen-bond donors (Lipinski definition) is 2. The number of carbonyl (C=O) groups excluding carboxylic acids is 1. The molecule has 0 spiro atoms. The molecule has 1 aromatic heterocycles. The maximum atomic E-state index is 12.4. The van der Waals surface area contributed by atoms with Crippen LogP contribution in [0.2, 0.25) is 0 Å². The lowest BCUT2D eigenvalue weighted by Gasteiger charge is -2.32. The summed E-state index contributed by atoms with van der Waals surface area (Å²) >= 11 is 0. The molecular weight excluding hydrogens is 326 g/mol. The number of benzene rings is 2. The molecule has 2 aromatic carbocycles. The summed E-state index contributed by atoms with van der Waals surface area (Å²) in [6, 6.07) is 20.5. The Morgan fingerprint density at radius 1 is 1.12 bits per heavy atom. The minimum Gasteiger partial charge on any atom is -0.445 e. The zero-order chi connectivity index (χ0) is 17.8. The molecule has 4 rings (SSSR count). The number of fused-ring (bicyclic) bond motifs is 1. The van der Waals surface area contributed by atoms with E-state index in [9.17, 15) is 4.79 Å². The van der Waals surface area contributed by atoms with Crippen molar-refractivity contribution >= 4 is 17.0 Å². The van der Waals surface area contributed by atoms with E-state index in [-0.39, 0.29) is 12.1 Å². The topological polar surface area (TPSA) is 57.4 Å². The zero-order valence-electron chi connectivity index (χ0n) is 14.7. The van der Waals surface area contributed by atoms with Crippen LogP contribution in [0.15, 0.2) is 60.7 Å². The van der Waals surface area contributed by atoms with Crippen LogP contribution in [0, 0.1) is 0 Å². The predicted octanol–water partition coefficient (Wildman–Crippen LogP) is 3.32. The summed E-state index contributed by atoms with van der Waals surface area (Å²) in [4.78, 5) is 17.6. The maximum absolute atomic E-state index is 12.4. The first kappa shape index (κ1) is 16.7. The Morgan fingerprint density at radius 3 is 2.77 bits per heavy atom. The van der Waals surface area contributed by atoms with E-state index >= 15 is 0 Å². The molecule has 0 saturated carbocycles. The van der Waals surface area contributed by atoms with Crippen LogP contribution in [-0.4, -0.2) is 41.7 Å². The Kier molecular flexibility index (Phi) is 4.88. The lowest BCUT2D eigenvalue weighted by Crippen LogP contribution is -2.53. The van der Waals surface area contributed by atoms with E-state index in [4.69, 9.17) is 4.74 Å². The zero-order valence-corrected chi connectivity index (χ0v) is 14.7. The smallest absolute Gasteiger partial charge is 0.410 e. The summed E-state index contributed by atoms with van der Waals surface area (Å²) in [6.07, 6.45) is 0.619. The van der Waals surface area contributed by atoms with Crippen molar-refractivity contribution in [2.45, 2.75) is 19.1 Å². The summed E-state index contributed by atoms with van der Waals surface area (Å²) in [7, 11) is 0. The summed E-state index contributed by atoms with van der Waals surface area (Å²) in [6.45, 7) is 2.43. The van der Waals surface area contributed by atoms with Gasteiger partial charge in [-0.3, -0.25) is 0 Å². The molecule has 1 atom stereocenters. The molecule has 1 saturated heterocycles. The molecule has 3 aromatic rings. The minimum absolute atomic E-state index is 0.223. The number of nitrogens with one attached hydrogen (secondary N) is 2. The summed E-state index contributed by atoms with van der Waals surface area (Å²) in [5, 5.41) is 4.72. The first-order chi connectivity index (χ1) is 12.8. The fraction of sp³-hybridized carbons (Fsp3) is 0.286. The Labute approximate surface area is 153 Å². The number of hydrogen-bond acceptors (Lipinski definition) is 3. The van der Waals surface area contributed by atoms with Crippen LogP contribution in [-0.2, 0) is 17.8 Å². The van der Waals surface area contributed by atoms with Crippen LogP contribution < -0.4 is 5.32 Å². The average molecular weight is 349 g/mol. The highest BCUT2D eigenvalue weighted by Gasteiger charge is 2.24. The Bertz CT molecular complexity index is 842. The van der Waals surface area contributed by atoms with Crippen molar-refractivity contribution in [3.05, 3.63) is 71.9 Å². The van der Waals surface area contributed by atoms with Crippen LogP contribution in [0.5, 0.6) is 0 Å². The molecule has 5 heteroatoms. The molecule has 2 N–H and O–H groups in total. The second-order valence-electron chi connectivity index (χ2n) is 6.72. The van der Waals surface area contributed by atoms with Gasteiger partial charge in [0.05, 0.1) is 0 Å². The largest absolute Gasteiger partial charge is 0.445 e. The van der Waals surface area contributed by atoms with Gasteiger partial charge in [0.2, 0.25) is 0 Å². The second kappa shape index (κ2) is 7.62. The van der Waals surface area contributed by atoms with Crippen LogP contribution in [0.25, 0.3) is 10.9 Å². The standard InChI is InChI=1S/C21H23N3O2/c25-21(26-15-16-6-2-1-3-7-16)24-11-10-22-19(14-24)13-18-12-17-8-4-5-9-20(17)23-18/h1-9,12,19,22-23H,10-11,13-15H2. The van der Waals surface area contributed by atoms with Gasteiger partial charge in [-0.25, -0.2) is 4.79 Å². The van der Waals surface area contributed by atoms with Gasteiger partial charge in [0.15, 0.2) is 0 Å². The minimum atomic E-state index is -0.239. The van der Waals surface area contributed by atoms with E-state index < -0.39 is 0 Å². The highest BCUT2D eigenvalue weighted by molar-refractivity contribution is 5.80. The summed E-state index contributed by atoms with van der Waals surface area (Å²) < 4.78 is 5.47. The number of aromatic nitrogens is 1. The number of ether oxygens (including phenoxy) is 1. The lowest BCUT2D eigenvalue weighted by molar-refractivity contribution is 0.0849. The van der Waals surface area contributed by atoms with Gasteiger partial charge in [0.25, 0.3) is 0 Å². The number of para-hydroxylation sites is 1. The van der Waals surface area contributed by atoms with Gasteiger partial charge < -0.3 is 19.9 Å². The van der Waals surface area contributed by atoms with Crippen LogP contribution in [0.3, 0.4) is 0 Å². The van der Waals surface area contributed by atoms with E-state index in [1.165, 1.54) is 11.1 Å². The molecule has 1 aliphatic rings. The number of rotatable bonds is 4. The van der Waals surface area contributed by atoms with Gasteiger partial charge in [-0.1, -0.05) is 48.5 Å².